The Morgan fingerprint density at radius 1 is 1.26 bits per heavy atom. The van der Waals surface area contributed by atoms with Gasteiger partial charge in [-0.05, 0) is 59.1 Å². The van der Waals surface area contributed by atoms with E-state index < -0.39 is 0 Å². The Kier molecular flexibility index (Phi) is 5.41. The molecule has 0 fully saturated rings. The van der Waals surface area contributed by atoms with Gasteiger partial charge >= 0.3 is 0 Å². The lowest BCUT2D eigenvalue weighted by atomic mass is 10.1. The topological polar surface area (TPSA) is 56.1 Å². The highest BCUT2D eigenvalue weighted by molar-refractivity contribution is 9.10. The molecule has 0 bridgehead atoms. The average Bonchev–Trinajstić information content (AvgIpc) is 2.50. The summed E-state index contributed by atoms with van der Waals surface area (Å²) in [5.41, 5.74) is 4.39. The number of halogens is 1. The van der Waals surface area contributed by atoms with Crippen molar-refractivity contribution in [2.45, 2.75) is 13.8 Å². The van der Waals surface area contributed by atoms with Gasteiger partial charge in [-0.3, -0.25) is 4.79 Å². The zero-order chi connectivity index (χ0) is 17.0. The third kappa shape index (κ3) is 4.11. The summed E-state index contributed by atoms with van der Waals surface area (Å²) in [6.45, 7) is 4.17. The smallest absolute Gasteiger partial charge is 0.243 e. The van der Waals surface area contributed by atoms with E-state index in [1.54, 1.807) is 12.1 Å². The highest BCUT2D eigenvalue weighted by Crippen LogP contribution is 2.26. The van der Waals surface area contributed by atoms with E-state index in [-0.39, 0.29) is 12.5 Å². The fourth-order valence-electron chi connectivity index (χ4n) is 2.38. The maximum atomic E-state index is 12.3. The number of hydrogen-bond donors (Lipinski definition) is 1. The molecule has 5 heteroatoms. The first-order valence-electron chi connectivity index (χ1n) is 7.19. The van der Waals surface area contributed by atoms with Crippen LogP contribution in [0.1, 0.15) is 16.7 Å². The maximum absolute atomic E-state index is 12.3. The molecule has 0 aliphatic carbocycles. The van der Waals surface area contributed by atoms with Crippen LogP contribution in [0.4, 0.5) is 11.4 Å². The molecule has 118 valence electrons. The Morgan fingerprint density at radius 3 is 2.48 bits per heavy atom. The van der Waals surface area contributed by atoms with E-state index in [4.69, 9.17) is 5.26 Å². The van der Waals surface area contributed by atoms with Gasteiger partial charge < -0.3 is 10.2 Å². The van der Waals surface area contributed by atoms with Gasteiger partial charge in [0, 0.05) is 17.2 Å². The molecule has 2 rings (SSSR count). The Labute approximate surface area is 144 Å². The molecular formula is C18H18BrN3O. The number of nitriles is 1. The quantitative estimate of drug-likeness (QED) is 0.882. The summed E-state index contributed by atoms with van der Waals surface area (Å²) in [5.74, 6) is -0.0823. The van der Waals surface area contributed by atoms with Crippen molar-refractivity contribution in [2.24, 2.45) is 0 Å². The number of anilines is 2. The SMILES string of the molecule is Cc1cccc(C)c1NC(=O)CN(C)c1ccc(C#N)cc1Br. The fourth-order valence-corrected chi connectivity index (χ4v) is 3.06. The molecule has 1 N–H and O–H groups in total. The molecule has 0 spiro atoms. The van der Waals surface area contributed by atoms with Crippen molar-refractivity contribution in [1.82, 2.24) is 0 Å². The van der Waals surface area contributed by atoms with Crippen molar-refractivity contribution < 1.29 is 4.79 Å². The molecule has 23 heavy (non-hydrogen) atoms. The number of para-hydroxylation sites is 1. The molecule has 0 saturated carbocycles. The summed E-state index contributed by atoms with van der Waals surface area (Å²) in [4.78, 5) is 14.2. The molecule has 0 aromatic heterocycles. The number of rotatable bonds is 4. The van der Waals surface area contributed by atoms with Crippen LogP contribution in [0.5, 0.6) is 0 Å². The van der Waals surface area contributed by atoms with Crippen LogP contribution in [0.3, 0.4) is 0 Å². The van der Waals surface area contributed by atoms with Crippen LogP contribution in [-0.4, -0.2) is 19.5 Å². The lowest BCUT2D eigenvalue weighted by Crippen LogP contribution is -2.30. The summed E-state index contributed by atoms with van der Waals surface area (Å²) < 4.78 is 0.791. The number of benzene rings is 2. The minimum atomic E-state index is -0.0823. The zero-order valence-electron chi connectivity index (χ0n) is 13.4. The van der Waals surface area contributed by atoms with Crippen LogP contribution in [0.25, 0.3) is 0 Å². The van der Waals surface area contributed by atoms with E-state index >= 15 is 0 Å². The second kappa shape index (κ2) is 7.30. The number of likely N-dealkylation sites (N-methyl/N-ethyl adjacent to an activating group) is 1. The Morgan fingerprint density at radius 2 is 1.91 bits per heavy atom. The molecule has 2 aromatic carbocycles. The second-order valence-electron chi connectivity index (χ2n) is 5.45. The predicted octanol–water partition coefficient (Wildman–Crippen LogP) is 4.01. The maximum Gasteiger partial charge on any atom is 0.243 e. The van der Waals surface area contributed by atoms with Crippen molar-refractivity contribution >= 4 is 33.2 Å². The van der Waals surface area contributed by atoms with Crippen LogP contribution < -0.4 is 10.2 Å². The molecule has 0 aliphatic heterocycles. The van der Waals surface area contributed by atoms with Gasteiger partial charge in [0.05, 0.1) is 23.9 Å². The summed E-state index contributed by atoms with van der Waals surface area (Å²) in [5, 5.41) is 11.9. The summed E-state index contributed by atoms with van der Waals surface area (Å²) >= 11 is 3.44. The van der Waals surface area contributed by atoms with Crippen molar-refractivity contribution in [3.63, 3.8) is 0 Å². The molecule has 4 nitrogen and oxygen atoms in total. The predicted molar refractivity (Wildman–Crippen MR) is 96.7 cm³/mol. The van der Waals surface area contributed by atoms with Gasteiger partial charge in [-0.25, -0.2) is 0 Å². The van der Waals surface area contributed by atoms with E-state index in [9.17, 15) is 4.79 Å². The van der Waals surface area contributed by atoms with Gasteiger partial charge in [-0.15, -0.1) is 0 Å². The molecule has 0 unspecified atom stereocenters. The Bertz CT molecular complexity index is 760. The van der Waals surface area contributed by atoms with Crippen molar-refractivity contribution in [1.29, 1.82) is 5.26 Å². The number of hydrogen-bond acceptors (Lipinski definition) is 3. The standard InChI is InChI=1S/C18H18BrN3O/c1-12-5-4-6-13(2)18(12)21-17(23)11-22(3)16-8-7-14(10-20)9-15(16)19/h4-9H,11H2,1-3H3,(H,21,23). The highest BCUT2D eigenvalue weighted by Gasteiger charge is 2.12. The van der Waals surface area contributed by atoms with E-state index in [2.05, 4.69) is 27.3 Å². The van der Waals surface area contributed by atoms with Crippen molar-refractivity contribution in [2.75, 3.05) is 23.8 Å². The first kappa shape index (κ1) is 17.0. The minimum Gasteiger partial charge on any atom is -0.364 e. The second-order valence-corrected chi connectivity index (χ2v) is 6.30. The number of nitrogens with zero attached hydrogens (tertiary/aromatic N) is 2. The van der Waals surface area contributed by atoms with Crippen LogP contribution in [-0.2, 0) is 4.79 Å². The Balaban J connectivity index is 2.10. The monoisotopic (exact) mass is 371 g/mol. The van der Waals surface area contributed by atoms with Gasteiger partial charge in [0.15, 0.2) is 0 Å². The molecular weight excluding hydrogens is 354 g/mol. The highest BCUT2D eigenvalue weighted by atomic mass is 79.9. The number of aryl methyl sites for hydroxylation is 2. The first-order valence-corrected chi connectivity index (χ1v) is 7.98. The van der Waals surface area contributed by atoms with Crippen LogP contribution in [0.15, 0.2) is 40.9 Å². The van der Waals surface area contributed by atoms with Gasteiger partial charge in [-0.2, -0.15) is 5.26 Å². The third-order valence-corrected chi connectivity index (χ3v) is 4.25. The average molecular weight is 372 g/mol. The van der Waals surface area contributed by atoms with E-state index in [1.165, 1.54) is 0 Å². The van der Waals surface area contributed by atoms with Crippen LogP contribution in [0, 0.1) is 25.2 Å². The summed E-state index contributed by atoms with van der Waals surface area (Å²) in [6, 6.07) is 13.3. The van der Waals surface area contributed by atoms with E-state index in [0.29, 0.717) is 5.56 Å². The number of nitrogens with one attached hydrogen (secondary N) is 1. The van der Waals surface area contributed by atoms with Gasteiger partial charge in [0.1, 0.15) is 0 Å². The van der Waals surface area contributed by atoms with Gasteiger partial charge in [0.25, 0.3) is 0 Å². The zero-order valence-corrected chi connectivity index (χ0v) is 14.9. The van der Waals surface area contributed by atoms with Crippen LogP contribution in [0.2, 0.25) is 0 Å². The number of carbonyl (C=O) groups is 1. The van der Waals surface area contributed by atoms with Gasteiger partial charge in [0.2, 0.25) is 5.91 Å². The molecule has 0 heterocycles. The van der Waals surface area contributed by atoms with Crippen LogP contribution >= 0.6 is 15.9 Å². The third-order valence-electron chi connectivity index (χ3n) is 3.61. The lowest BCUT2D eigenvalue weighted by Gasteiger charge is -2.21. The molecule has 1 amide bonds. The van der Waals surface area contributed by atoms with Gasteiger partial charge in [-0.1, -0.05) is 18.2 Å². The fraction of sp³-hybridized carbons (Fsp3) is 0.222. The minimum absolute atomic E-state index is 0.0823. The number of carbonyl (C=O) groups excluding carboxylic acids is 1. The summed E-state index contributed by atoms with van der Waals surface area (Å²) in [6.07, 6.45) is 0. The molecule has 0 atom stereocenters. The number of amides is 1. The molecule has 0 aliphatic rings. The molecule has 0 radical (unpaired) electrons. The lowest BCUT2D eigenvalue weighted by molar-refractivity contribution is -0.114. The first-order chi connectivity index (χ1) is 10.9. The molecule has 0 saturated heterocycles. The van der Waals surface area contributed by atoms with Crippen molar-refractivity contribution in [3.8, 4) is 6.07 Å². The van der Waals surface area contributed by atoms with E-state index in [0.717, 1.165) is 27.0 Å². The molecule has 2 aromatic rings. The normalized spacial score (nSPS) is 10.0. The summed E-state index contributed by atoms with van der Waals surface area (Å²) in [7, 11) is 1.84. The van der Waals surface area contributed by atoms with E-state index in [1.807, 2.05) is 50.1 Å². The Hall–Kier alpha value is -2.32. The van der Waals surface area contributed by atoms with Crippen molar-refractivity contribution in [3.05, 3.63) is 57.6 Å². The largest absolute Gasteiger partial charge is 0.364 e.